The summed E-state index contributed by atoms with van der Waals surface area (Å²) in [4.78, 5) is 40.0. The van der Waals surface area contributed by atoms with E-state index >= 15 is 0 Å². The van der Waals surface area contributed by atoms with E-state index in [-0.39, 0.29) is 30.2 Å². The van der Waals surface area contributed by atoms with E-state index in [2.05, 4.69) is 16.7 Å². The number of nitrogens with one attached hydrogen (secondary N) is 3. The molecular formula is C26H33N5O5. The Kier molecular flexibility index (Phi) is 8.36. The number of rotatable bonds is 6. The number of nitrogens with zero attached hydrogens (tertiary/aromatic N) is 2. The minimum Gasteiger partial charge on any atom is -0.379 e. The Morgan fingerprint density at radius 2 is 2.17 bits per heavy atom. The van der Waals surface area contributed by atoms with Crippen LogP contribution in [0.3, 0.4) is 0 Å². The number of nitriles is 1. The van der Waals surface area contributed by atoms with Gasteiger partial charge < -0.3 is 20.3 Å². The van der Waals surface area contributed by atoms with Gasteiger partial charge in [-0.3, -0.25) is 19.6 Å². The summed E-state index contributed by atoms with van der Waals surface area (Å²) < 4.78 is 5.29. The van der Waals surface area contributed by atoms with Gasteiger partial charge in [-0.15, -0.1) is 0 Å². The third kappa shape index (κ3) is 5.93. The van der Waals surface area contributed by atoms with Crippen molar-refractivity contribution in [2.24, 2.45) is 11.8 Å². The fourth-order valence-electron chi connectivity index (χ4n) is 5.37. The van der Waals surface area contributed by atoms with E-state index in [9.17, 15) is 19.6 Å². The molecule has 0 unspecified atom stereocenters. The number of ether oxygens (including phenoxy) is 1. The van der Waals surface area contributed by atoms with E-state index in [1.165, 1.54) is 0 Å². The summed E-state index contributed by atoms with van der Waals surface area (Å²) in [7, 11) is 0. The molecule has 4 rings (SSSR count). The van der Waals surface area contributed by atoms with Gasteiger partial charge in [0.2, 0.25) is 17.7 Å². The van der Waals surface area contributed by atoms with Crippen LogP contribution in [-0.4, -0.2) is 72.8 Å². The van der Waals surface area contributed by atoms with Gasteiger partial charge in [0.15, 0.2) is 0 Å². The zero-order chi connectivity index (χ0) is 25.7. The van der Waals surface area contributed by atoms with Crippen LogP contribution in [0, 0.1) is 30.1 Å². The van der Waals surface area contributed by atoms with Crippen LogP contribution >= 0.6 is 0 Å². The fraction of sp³-hybridized carbons (Fsp3) is 0.538. The molecular weight excluding hydrogens is 462 g/mol. The SMILES string of the molecule is Cc1cc(C#N)ccc1C1=CCN(C(=O)[C@H]2NC[C@@H](CC(=O)N[C@@H]3CCOC3)C[C@@H]2C(=O)NO)CC1. The molecule has 3 aliphatic heterocycles. The Bertz CT molecular complexity index is 1070. The first kappa shape index (κ1) is 25.8. The topological polar surface area (TPSA) is 144 Å². The second kappa shape index (κ2) is 11.6. The van der Waals surface area contributed by atoms with Gasteiger partial charge in [0.1, 0.15) is 0 Å². The Balaban J connectivity index is 1.37. The molecule has 4 N–H and O–H groups in total. The summed E-state index contributed by atoms with van der Waals surface area (Å²) in [6.45, 7) is 4.46. The zero-order valence-electron chi connectivity index (χ0n) is 20.5. The molecule has 2 saturated heterocycles. The molecule has 0 bridgehead atoms. The molecule has 3 heterocycles. The molecule has 1 aromatic carbocycles. The minimum absolute atomic E-state index is 0.0185. The highest BCUT2D eigenvalue weighted by Crippen LogP contribution is 2.29. The van der Waals surface area contributed by atoms with Crippen molar-refractivity contribution in [3.8, 4) is 6.07 Å². The van der Waals surface area contributed by atoms with E-state index in [1.54, 1.807) is 16.4 Å². The molecule has 0 saturated carbocycles. The number of aryl methyl sites for hydroxylation is 1. The van der Waals surface area contributed by atoms with Gasteiger partial charge in [-0.05, 0) is 67.5 Å². The van der Waals surface area contributed by atoms with Gasteiger partial charge in [0.25, 0.3) is 0 Å². The molecule has 0 aliphatic carbocycles. The molecule has 10 nitrogen and oxygen atoms in total. The second-order valence-corrected chi connectivity index (χ2v) is 9.81. The lowest BCUT2D eigenvalue weighted by Crippen LogP contribution is -2.59. The van der Waals surface area contributed by atoms with E-state index in [0.29, 0.717) is 51.3 Å². The van der Waals surface area contributed by atoms with Gasteiger partial charge in [0.05, 0.1) is 36.2 Å². The van der Waals surface area contributed by atoms with Crippen LogP contribution in [0.4, 0.5) is 0 Å². The van der Waals surface area contributed by atoms with Crippen LogP contribution in [0.25, 0.3) is 5.57 Å². The van der Waals surface area contributed by atoms with Crippen molar-refractivity contribution in [1.29, 1.82) is 5.26 Å². The average Bonchev–Trinajstić information content (AvgIpc) is 3.40. The first-order valence-corrected chi connectivity index (χ1v) is 12.4. The molecule has 192 valence electrons. The van der Waals surface area contributed by atoms with Crippen molar-refractivity contribution in [2.45, 2.75) is 44.7 Å². The number of piperidine rings is 1. The monoisotopic (exact) mass is 495 g/mol. The van der Waals surface area contributed by atoms with Crippen LogP contribution in [0.15, 0.2) is 24.3 Å². The van der Waals surface area contributed by atoms with Crippen molar-refractivity contribution in [1.82, 2.24) is 21.0 Å². The van der Waals surface area contributed by atoms with Crippen molar-refractivity contribution >= 4 is 23.3 Å². The van der Waals surface area contributed by atoms with Crippen molar-refractivity contribution in [3.63, 3.8) is 0 Å². The number of benzene rings is 1. The number of hydroxylamine groups is 1. The van der Waals surface area contributed by atoms with Crippen molar-refractivity contribution < 1.29 is 24.3 Å². The predicted octanol–water partition coefficient (Wildman–Crippen LogP) is 0.877. The van der Waals surface area contributed by atoms with Crippen LogP contribution in [0.5, 0.6) is 0 Å². The van der Waals surface area contributed by atoms with E-state index in [1.807, 2.05) is 25.1 Å². The zero-order valence-corrected chi connectivity index (χ0v) is 20.5. The van der Waals surface area contributed by atoms with Crippen LogP contribution in [0.1, 0.15) is 42.4 Å². The first-order valence-electron chi connectivity index (χ1n) is 12.4. The lowest BCUT2D eigenvalue weighted by Gasteiger charge is -2.38. The predicted molar refractivity (Wildman–Crippen MR) is 130 cm³/mol. The Hall–Kier alpha value is -3.26. The largest absolute Gasteiger partial charge is 0.379 e. The van der Waals surface area contributed by atoms with Crippen molar-refractivity contribution in [3.05, 3.63) is 41.0 Å². The first-order chi connectivity index (χ1) is 17.4. The minimum atomic E-state index is -0.782. The van der Waals surface area contributed by atoms with Gasteiger partial charge in [-0.2, -0.15) is 5.26 Å². The van der Waals surface area contributed by atoms with Gasteiger partial charge in [-0.1, -0.05) is 12.1 Å². The normalized spacial score (nSPS) is 26.0. The Labute approximate surface area is 210 Å². The maximum absolute atomic E-state index is 13.4. The highest BCUT2D eigenvalue weighted by atomic mass is 16.5. The lowest BCUT2D eigenvalue weighted by molar-refractivity contribution is -0.144. The second-order valence-electron chi connectivity index (χ2n) is 9.81. The lowest BCUT2D eigenvalue weighted by atomic mass is 9.81. The number of hydrogen-bond acceptors (Lipinski definition) is 7. The number of amides is 3. The van der Waals surface area contributed by atoms with E-state index in [4.69, 9.17) is 10.00 Å². The van der Waals surface area contributed by atoms with Crippen LogP contribution in [0.2, 0.25) is 0 Å². The molecule has 2 fully saturated rings. The van der Waals surface area contributed by atoms with Gasteiger partial charge in [-0.25, -0.2) is 5.48 Å². The molecule has 0 radical (unpaired) electrons. The Morgan fingerprint density at radius 3 is 2.81 bits per heavy atom. The molecule has 0 aromatic heterocycles. The average molecular weight is 496 g/mol. The van der Waals surface area contributed by atoms with E-state index in [0.717, 1.165) is 23.1 Å². The maximum atomic E-state index is 13.4. The summed E-state index contributed by atoms with van der Waals surface area (Å²) in [6.07, 6.45) is 4.02. The maximum Gasteiger partial charge on any atom is 0.248 e. The Morgan fingerprint density at radius 1 is 1.33 bits per heavy atom. The molecule has 10 heteroatoms. The number of hydrogen-bond donors (Lipinski definition) is 4. The third-order valence-electron chi connectivity index (χ3n) is 7.32. The quantitative estimate of drug-likeness (QED) is 0.339. The number of carbonyl (C=O) groups is 3. The molecule has 1 aromatic rings. The highest BCUT2D eigenvalue weighted by Gasteiger charge is 2.41. The molecule has 0 spiro atoms. The summed E-state index contributed by atoms with van der Waals surface area (Å²) in [6, 6.07) is 6.99. The van der Waals surface area contributed by atoms with Gasteiger partial charge in [0, 0.05) is 26.1 Å². The molecule has 3 aliphatic rings. The van der Waals surface area contributed by atoms with Crippen LogP contribution in [-0.2, 0) is 19.1 Å². The fourth-order valence-corrected chi connectivity index (χ4v) is 5.37. The van der Waals surface area contributed by atoms with Crippen molar-refractivity contribution in [2.75, 3.05) is 32.8 Å². The third-order valence-corrected chi connectivity index (χ3v) is 7.32. The summed E-state index contributed by atoms with van der Waals surface area (Å²) in [5, 5.41) is 24.5. The molecule has 3 amide bonds. The summed E-state index contributed by atoms with van der Waals surface area (Å²) in [5.74, 6) is -1.84. The number of carbonyl (C=O) groups excluding carboxylic acids is 3. The summed E-state index contributed by atoms with van der Waals surface area (Å²) in [5.41, 5.74) is 5.53. The van der Waals surface area contributed by atoms with E-state index < -0.39 is 17.9 Å². The standard InChI is InChI=1S/C26H33N5O5/c1-16-10-17(13-27)2-3-21(16)19-4-7-31(8-5-19)26(34)24-22(25(33)30-35)11-18(14-28-24)12-23(32)29-20-6-9-36-15-20/h2-4,10,18,20,22,24,28,35H,5-9,11-12,14-15H2,1H3,(H,29,32)(H,30,33)/t18-,20-,22+,24+/m1/s1. The smallest absolute Gasteiger partial charge is 0.248 e. The molecule has 36 heavy (non-hydrogen) atoms. The highest BCUT2D eigenvalue weighted by molar-refractivity contribution is 5.90. The summed E-state index contributed by atoms with van der Waals surface area (Å²) >= 11 is 0. The van der Waals surface area contributed by atoms with Crippen LogP contribution < -0.4 is 16.1 Å². The van der Waals surface area contributed by atoms with Gasteiger partial charge >= 0.3 is 0 Å². The molecule has 4 atom stereocenters.